The van der Waals surface area contributed by atoms with Crippen LogP contribution in [0.3, 0.4) is 0 Å². The second-order valence-electron chi connectivity index (χ2n) is 4.65. The molecule has 0 spiro atoms. The minimum absolute atomic E-state index is 0.464. The molecule has 1 aromatic carbocycles. The molecule has 6 nitrogen and oxygen atoms in total. The Morgan fingerprint density at radius 2 is 1.90 bits per heavy atom. The molecule has 0 heterocycles. The zero-order chi connectivity index (χ0) is 15.3. The number of rotatable bonds is 7. The van der Waals surface area contributed by atoms with Gasteiger partial charge in [0.1, 0.15) is 0 Å². The summed E-state index contributed by atoms with van der Waals surface area (Å²) in [6, 6.07) is 5.02. The maximum atomic E-state index is 9.54. The van der Waals surface area contributed by atoms with Gasteiger partial charge < -0.3 is 30.8 Å². The number of nitrogen functional groups attached to an aromatic ring is 2. The minimum Gasteiger partial charge on any atom is -0.399 e. The first-order valence-corrected chi connectivity index (χ1v) is 6.59. The number of aliphatic hydroxyl groups is 1. The predicted molar refractivity (Wildman–Crippen MR) is 77.6 cm³/mol. The summed E-state index contributed by atoms with van der Waals surface area (Å²) in [5, 5.41) is 9.54. The second kappa shape index (κ2) is 6.90. The van der Waals surface area contributed by atoms with Gasteiger partial charge in [-0.3, -0.25) is 0 Å². The topological polar surface area (TPSA) is 100.0 Å². The van der Waals surface area contributed by atoms with E-state index in [1.165, 1.54) is 6.92 Å². The largest absolute Gasteiger partial charge is 0.399 e. The summed E-state index contributed by atoms with van der Waals surface area (Å²) in [5.41, 5.74) is 13.3. The normalized spacial score (nSPS) is 17.4. The van der Waals surface area contributed by atoms with Gasteiger partial charge in [0.25, 0.3) is 0 Å². The first kappa shape index (κ1) is 16.7. The summed E-state index contributed by atoms with van der Waals surface area (Å²) in [6.45, 7) is 7.27. The highest BCUT2D eigenvalue weighted by molar-refractivity contribution is 5.56. The van der Waals surface area contributed by atoms with Gasteiger partial charge in [-0.1, -0.05) is 0 Å². The van der Waals surface area contributed by atoms with Crippen molar-refractivity contribution in [2.45, 2.75) is 46.1 Å². The molecule has 0 aromatic heterocycles. The maximum Gasteiger partial charge on any atom is 0.199 e. The van der Waals surface area contributed by atoms with E-state index in [2.05, 4.69) is 0 Å². The summed E-state index contributed by atoms with van der Waals surface area (Å²) in [7, 11) is 0. The Balaban J connectivity index is 3.12. The standard InChI is InChI=1S/C14H24N2O4/c1-5-18-10(3)20-14(4,19-9(2)17)12-8-11(15)6-7-13(12)16/h6-10,17H,5,15-16H2,1-4H3. The van der Waals surface area contributed by atoms with Gasteiger partial charge >= 0.3 is 0 Å². The van der Waals surface area contributed by atoms with Crippen molar-refractivity contribution in [3.05, 3.63) is 23.8 Å². The first-order valence-electron chi connectivity index (χ1n) is 6.59. The lowest BCUT2D eigenvalue weighted by molar-refractivity contribution is -0.340. The predicted octanol–water partition coefficient (Wildman–Crippen LogP) is 1.78. The number of hydrogen-bond donors (Lipinski definition) is 3. The molecule has 0 saturated heterocycles. The molecule has 1 rings (SSSR count). The Bertz CT molecular complexity index is 439. The number of nitrogens with two attached hydrogens (primary N) is 2. The zero-order valence-electron chi connectivity index (χ0n) is 12.4. The second-order valence-corrected chi connectivity index (χ2v) is 4.65. The Morgan fingerprint density at radius 1 is 1.25 bits per heavy atom. The summed E-state index contributed by atoms with van der Waals surface area (Å²) >= 11 is 0. The van der Waals surface area contributed by atoms with Gasteiger partial charge in [-0.2, -0.15) is 0 Å². The van der Waals surface area contributed by atoms with Gasteiger partial charge in [-0.15, -0.1) is 0 Å². The Kier molecular flexibility index (Phi) is 5.76. The average Bonchev–Trinajstić information content (AvgIpc) is 2.31. The Hall–Kier alpha value is -1.34. The van der Waals surface area contributed by atoms with E-state index in [0.29, 0.717) is 23.5 Å². The number of benzene rings is 1. The molecule has 0 aliphatic carbocycles. The van der Waals surface area contributed by atoms with Gasteiger partial charge in [0.15, 0.2) is 18.4 Å². The van der Waals surface area contributed by atoms with E-state index in [1.54, 1.807) is 32.0 Å². The lowest BCUT2D eigenvalue weighted by Crippen LogP contribution is -2.37. The highest BCUT2D eigenvalue weighted by Gasteiger charge is 2.34. The molecule has 0 radical (unpaired) electrons. The highest BCUT2D eigenvalue weighted by Crippen LogP contribution is 2.34. The van der Waals surface area contributed by atoms with E-state index in [1.807, 2.05) is 6.92 Å². The molecule has 20 heavy (non-hydrogen) atoms. The van der Waals surface area contributed by atoms with Gasteiger partial charge in [-0.25, -0.2) is 0 Å². The molecule has 0 fully saturated rings. The number of hydrogen-bond acceptors (Lipinski definition) is 6. The van der Waals surface area contributed by atoms with Crippen LogP contribution in [0.1, 0.15) is 33.3 Å². The number of ether oxygens (including phenoxy) is 3. The maximum absolute atomic E-state index is 9.54. The molecule has 0 saturated carbocycles. The smallest absolute Gasteiger partial charge is 0.199 e. The van der Waals surface area contributed by atoms with Crippen LogP contribution in [0, 0.1) is 0 Å². The van der Waals surface area contributed by atoms with Crippen molar-refractivity contribution in [1.82, 2.24) is 0 Å². The van der Waals surface area contributed by atoms with Crippen molar-refractivity contribution in [3.8, 4) is 0 Å². The first-order chi connectivity index (χ1) is 9.28. The zero-order valence-corrected chi connectivity index (χ0v) is 12.4. The lowest BCUT2D eigenvalue weighted by atomic mass is 10.0. The molecule has 1 aromatic rings. The fourth-order valence-electron chi connectivity index (χ4n) is 2.03. The summed E-state index contributed by atoms with van der Waals surface area (Å²) in [4.78, 5) is 0. The summed E-state index contributed by atoms with van der Waals surface area (Å²) < 4.78 is 16.6. The molecule has 5 N–H and O–H groups in total. The molecule has 3 atom stereocenters. The summed E-state index contributed by atoms with van der Waals surface area (Å²) in [6.07, 6.45) is -1.56. The molecule has 3 unspecified atom stereocenters. The lowest BCUT2D eigenvalue weighted by Gasteiger charge is -2.34. The molecular weight excluding hydrogens is 260 g/mol. The van der Waals surface area contributed by atoms with Gasteiger partial charge in [0.05, 0.1) is 0 Å². The third kappa shape index (κ3) is 4.35. The van der Waals surface area contributed by atoms with Crippen LogP contribution in [0.15, 0.2) is 18.2 Å². The highest BCUT2D eigenvalue weighted by atomic mass is 16.8. The SMILES string of the molecule is CCOC(C)OC(C)(OC(C)O)c1cc(N)ccc1N. The Labute approximate surface area is 119 Å². The van der Waals surface area contributed by atoms with Crippen molar-refractivity contribution in [3.63, 3.8) is 0 Å². The minimum atomic E-state index is -1.26. The van der Waals surface area contributed by atoms with E-state index >= 15 is 0 Å². The quantitative estimate of drug-likeness (QED) is 0.521. The van der Waals surface area contributed by atoms with E-state index < -0.39 is 18.4 Å². The van der Waals surface area contributed by atoms with Crippen LogP contribution in [-0.2, 0) is 20.0 Å². The molecular formula is C14H24N2O4. The van der Waals surface area contributed by atoms with Crippen LogP contribution in [0.4, 0.5) is 11.4 Å². The molecule has 0 aliphatic heterocycles. The van der Waals surface area contributed by atoms with E-state index in [-0.39, 0.29) is 0 Å². The molecule has 114 valence electrons. The van der Waals surface area contributed by atoms with Crippen molar-refractivity contribution >= 4 is 11.4 Å². The molecule has 0 bridgehead atoms. The van der Waals surface area contributed by atoms with Gasteiger partial charge in [0, 0.05) is 23.5 Å². The van der Waals surface area contributed by atoms with Crippen LogP contribution >= 0.6 is 0 Å². The molecule has 0 aliphatic rings. The van der Waals surface area contributed by atoms with Gasteiger partial charge in [-0.05, 0) is 45.9 Å². The van der Waals surface area contributed by atoms with E-state index in [0.717, 1.165) is 0 Å². The van der Waals surface area contributed by atoms with Crippen LogP contribution in [0.2, 0.25) is 0 Å². The molecule has 0 amide bonds. The van der Waals surface area contributed by atoms with E-state index in [4.69, 9.17) is 25.7 Å². The summed E-state index contributed by atoms with van der Waals surface area (Å²) in [5.74, 6) is -1.26. The van der Waals surface area contributed by atoms with Crippen LogP contribution in [0.5, 0.6) is 0 Å². The van der Waals surface area contributed by atoms with Crippen LogP contribution in [-0.4, -0.2) is 24.3 Å². The fraction of sp³-hybridized carbons (Fsp3) is 0.571. The number of anilines is 2. The fourth-order valence-corrected chi connectivity index (χ4v) is 2.03. The van der Waals surface area contributed by atoms with Crippen molar-refractivity contribution in [2.75, 3.05) is 18.1 Å². The van der Waals surface area contributed by atoms with Gasteiger partial charge in [0.2, 0.25) is 0 Å². The van der Waals surface area contributed by atoms with Crippen LogP contribution < -0.4 is 11.5 Å². The third-order valence-electron chi connectivity index (χ3n) is 2.75. The average molecular weight is 284 g/mol. The van der Waals surface area contributed by atoms with Crippen molar-refractivity contribution in [2.24, 2.45) is 0 Å². The molecule has 6 heteroatoms. The monoisotopic (exact) mass is 284 g/mol. The Morgan fingerprint density at radius 3 is 2.45 bits per heavy atom. The van der Waals surface area contributed by atoms with Crippen molar-refractivity contribution < 1.29 is 19.3 Å². The number of aliphatic hydroxyl groups excluding tert-OH is 1. The third-order valence-corrected chi connectivity index (χ3v) is 2.75. The van der Waals surface area contributed by atoms with Crippen LogP contribution in [0.25, 0.3) is 0 Å². The van der Waals surface area contributed by atoms with Crippen molar-refractivity contribution in [1.29, 1.82) is 0 Å². The van der Waals surface area contributed by atoms with E-state index in [9.17, 15) is 5.11 Å².